The van der Waals surface area contributed by atoms with Crippen LogP contribution in [0.4, 0.5) is 4.39 Å². The lowest BCUT2D eigenvalue weighted by molar-refractivity contribution is -0.138. The maximum atomic E-state index is 12.9. The van der Waals surface area contributed by atoms with Gasteiger partial charge in [0.2, 0.25) is 17.7 Å². The first-order chi connectivity index (χ1) is 9.56. The number of likely N-dealkylation sites (tertiary alicyclic amines) is 1. The number of imide groups is 1. The highest BCUT2D eigenvalue weighted by Gasteiger charge is 2.28. The SMILES string of the molecule is O=C(CCN1C(=O)CCC1=O)NCc1cccc(F)c1. The van der Waals surface area contributed by atoms with Crippen LogP contribution in [0.25, 0.3) is 0 Å². The largest absolute Gasteiger partial charge is 0.352 e. The van der Waals surface area contributed by atoms with Crippen molar-refractivity contribution in [3.05, 3.63) is 35.6 Å². The summed E-state index contributed by atoms with van der Waals surface area (Å²) in [5.74, 6) is -1.09. The Balaban J connectivity index is 1.76. The van der Waals surface area contributed by atoms with E-state index in [9.17, 15) is 18.8 Å². The third kappa shape index (κ3) is 3.63. The average molecular weight is 278 g/mol. The lowest BCUT2D eigenvalue weighted by Crippen LogP contribution is -2.34. The van der Waals surface area contributed by atoms with E-state index in [0.29, 0.717) is 5.56 Å². The lowest BCUT2D eigenvalue weighted by atomic mass is 10.2. The molecule has 5 nitrogen and oxygen atoms in total. The Morgan fingerprint density at radius 3 is 2.60 bits per heavy atom. The van der Waals surface area contributed by atoms with Crippen LogP contribution in [-0.2, 0) is 20.9 Å². The molecule has 0 radical (unpaired) electrons. The number of hydrogen-bond acceptors (Lipinski definition) is 3. The molecule has 20 heavy (non-hydrogen) atoms. The molecular weight excluding hydrogens is 263 g/mol. The van der Waals surface area contributed by atoms with Crippen molar-refractivity contribution in [2.75, 3.05) is 6.54 Å². The minimum Gasteiger partial charge on any atom is -0.352 e. The molecule has 1 heterocycles. The maximum Gasteiger partial charge on any atom is 0.229 e. The van der Waals surface area contributed by atoms with Gasteiger partial charge in [0, 0.05) is 32.4 Å². The van der Waals surface area contributed by atoms with Crippen LogP contribution in [0.2, 0.25) is 0 Å². The maximum absolute atomic E-state index is 12.9. The second-order valence-electron chi connectivity index (χ2n) is 4.60. The van der Waals surface area contributed by atoms with Crippen molar-refractivity contribution in [1.82, 2.24) is 10.2 Å². The van der Waals surface area contributed by atoms with Gasteiger partial charge in [0.1, 0.15) is 5.82 Å². The van der Waals surface area contributed by atoms with E-state index in [1.165, 1.54) is 12.1 Å². The van der Waals surface area contributed by atoms with Crippen LogP contribution in [0.15, 0.2) is 24.3 Å². The molecule has 0 aliphatic carbocycles. The summed E-state index contributed by atoms with van der Waals surface area (Å²) >= 11 is 0. The summed E-state index contributed by atoms with van der Waals surface area (Å²) in [4.78, 5) is 35.4. The van der Waals surface area contributed by atoms with Crippen LogP contribution < -0.4 is 5.32 Å². The lowest BCUT2D eigenvalue weighted by Gasteiger charge is -2.13. The van der Waals surface area contributed by atoms with E-state index in [0.717, 1.165) is 4.90 Å². The van der Waals surface area contributed by atoms with E-state index < -0.39 is 0 Å². The van der Waals surface area contributed by atoms with E-state index in [4.69, 9.17) is 0 Å². The number of carbonyl (C=O) groups is 3. The minimum absolute atomic E-state index is 0.0623. The summed E-state index contributed by atoms with van der Waals surface area (Å²) in [6, 6.07) is 5.94. The predicted octanol–water partition coefficient (Wildman–Crippen LogP) is 0.981. The van der Waals surface area contributed by atoms with Crippen molar-refractivity contribution in [2.45, 2.75) is 25.8 Å². The molecule has 3 amide bonds. The molecule has 1 fully saturated rings. The predicted molar refractivity (Wildman–Crippen MR) is 68.8 cm³/mol. The highest BCUT2D eigenvalue weighted by molar-refractivity contribution is 6.02. The fourth-order valence-electron chi connectivity index (χ4n) is 2.02. The standard InChI is InChI=1S/C14H15FN2O3/c15-11-3-1-2-10(8-11)9-16-12(18)6-7-17-13(19)4-5-14(17)20/h1-3,8H,4-7,9H2,(H,16,18). The van der Waals surface area contributed by atoms with Gasteiger partial charge in [-0.2, -0.15) is 0 Å². The first kappa shape index (κ1) is 14.2. The van der Waals surface area contributed by atoms with Crippen LogP contribution >= 0.6 is 0 Å². The van der Waals surface area contributed by atoms with E-state index >= 15 is 0 Å². The molecule has 2 rings (SSSR count). The fourth-order valence-corrected chi connectivity index (χ4v) is 2.02. The highest BCUT2D eigenvalue weighted by atomic mass is 19.1. The molecule has 0 aromatic heterocycles. The number of amides is 3. The van der Waals surface area contributed by atoms with Gasteiger partial charge in [0.05, 0.1) is 0 Å². The zero-order valence-corrected chi connectivity index (χ0v) is 10.9. The van der Waals surface area contributed by atoms with Crippen molar-refractivity contribution in [3.8, 4) is 0 Å². The van der Waals surface area contributed by atoms with Crippen LogP contribution in [0, 0.1) is 5.82 Å². The molecule has 1 aromatic rings. The molecule has 1 N–H and O–H groups in total. The normalized spacial score (nSPS) is 14.8. The van der Waals surface area contributed by atoms with E-state index in [-0.39, 0.29) is 55.9 Å². The number of rotatable bonds is 5. The second kappa shape index (κ2) is 6.27. The fraction of sp³-hybridized carbons (Fsp3) is 0.357. The Bertz CT molecular complexity index is 529. The average Bonchev–Trinajstić information content (AvgIpc) is 2.74. The van der Waals surface area contributed by atoms with Crippen molar-refractivity contribution >= 4 is 17.7 Å². The molecular formula is C14H15FN2O3. The number of hydrogen-bond donors (Lipinski definition) is 1. The molecule has 1 saturated heterocycles. The summed E-state index contributed by atoms with van der Waals surface area (Å²) in [7, 11) is 0. The van der Waals surface area contributed by atoms with Crippen LogP contribution in [0.5, 0.6) is 0 Å². The molecule has 1 aromatic carbocycles. The molecule has 0 spiro atoms. The van der Waals surface area contributed by atoms with Gasteiger partial charge in [-0.25, -0.2) is 4.39 Å². The number of nitrogens with one attached hydrogen (secondary N) is 1. The molecule has 6 heteroatoms. The van der Waals surface area contributed by atoms with Crippen LogP contribution in [0.3, 0.4) is 0 Å². The van der Waals surface area contributed by atoms with Gasteiger partial charge in [-0.15, -0.1) is 0 Å². The van der Waals surface area contributed by atoms with Gasteiger partial charge in [-0.1, -0.05) is 12.1 Å². The number of nitrogens with zero attached hydrogens (tertiary/aromatic N) is 1. The van der Waals surface area contributed by atoms with Gasteiger partial charge in [-0.3, -0.25) is 19.3 Å². The Kier molecular flexibility index (Phi) is 4.45. The van der Waals surface area contributed by atoms with Gasteiger partial charge in [0.15, 0.2) is 0 Å². The minimum atomic E-state index is -0.356. The van der Waals surface area contributed by atoms with E-state index in [1.807, 2.05) is 0 Å². The number of benzene rings is 1. The van der Waals surface area contributed by atoms with Gasteiger partial charge >= 0.3 is 0 Å². The summed E-state index contributed by atoms with van der Waals surface area (Å²) < 4.78 is 12.9. The zero-order chi connectivity index (χ0) is 14.5. The molecule has 0 bridgehead atoms. The Labute approximate surface area is 115 Å². The second-order valence-corrected chi connectivity index (χ2v) is 4.60. The summed E-state index contributed by atoms with van der Waals surface area (Å²) in [5.41, 5.74) is 0.659. The molecule has 106 valence electrons. The third-order valence-electron chi connectivity index (χ3n) is 3.10. The molecule has 0 unspecified atom stereocenters. The zero-order valence-electron chi connectivity index (χ0n) is 10.9. The first-order valence-electron chi connectivity index (χ1n) is 6.40. The van der Waals surface area contributed by atoms with Crippen molar-refractivity contribution < 1.29 is 18.8 Å². The summed E-state index contributed by atoms with van der Waals surface area (Å²) in [6.45, 7) is 0.325. The van der Waals surface area contributed by atoms with Gasteiger partial charge < -0.3 is 5.32 Å². The monoisotopic (exact) mass is 278 g/mol. The Morgan fingerprint density at radius 1 is 1.25 bits per heavy atom. The van der Waals surface area contributed by atoms with Crippen molar-refractivity contribution in [3.63, 3.8) is 0 Å². The molecule has 1 aliphatic rings. The first-order valence-corrected chi connectivity index (χ1v) is 6.40. The summed E-state index contributed by atoms with van der Waals surface area (Å²) in [6.07, 6.45) is 0.514. The van der Waals surface area contributed by atoms with Crippen LogP contribution in [0.1, 0.15) is 24.8 Å². The van der Waals surface area contributed by atoms with E-state index in [2.05, 4.69) is 5.32 Å². The van der Waals surface area contributed by atoms with Gasteiger partial charge in [0.25, 0.3) is 0 Å². The smallest absolute Gasteiger partial charge is 0.229 e. The third-order valence-corrected chi connectivity index (χ3v) is 3.10. The number of halogens is 1. The molecule has 1 aliphatic heterocycles. The highest BCUT2D eigenvalue weighted by Crippen LogP contribution is 2.11. The van der Waals surface area contributed by atoms with Crippen molar-refractivity contribution in [2.24, 2.45) is 0 Å². The molecule has 0 saturated carbocycles. The molecule has 0 atom stereocenters. The van der Waals surface area contributed by atoms with E-state index in [1.54, 1.807) is 12.1 Å². The topological polar surface area (TPSA) is 66.5 Å². The van der Waals surface area contributed by atoms with Gasteiger partial charge in [-0.05, 0) is 17.7 Å². The number of carbonyl (C=O) groups excluding carboxylic acids is 3. The quantitative estimate of drug-likeness (QED) is 0.816. The Morgan fingerprint density at radius 2 is 1.95 bits per heavy atom. The summed E-state index contributed by atoms with van der Waals surface area (Å²) in [5, 5.41) is 2.62. The van der Waals surface area contributed by atoms with Crippen molar-refractivity contribution in [1.29, 1.82) is 0 Å². The Hall–Kier alpha value is -2.24. The van der Waals surface area contributed by atoms with Crippen LogP contribution in [-0.4, -0.2) is 29.2 Å².